The number of hydrogen-bond donors (Lipinski definition) is 3. The van der Waals surface area contributed by atoms with Crippen molar-refractivity contribution in [3.63, 3.8) is 0 Å². The number of benzene rings is 1. The van der Waals surface area contributed by atoms with Crippen molar-refractivity contribution in [2.75, 3.05) is 13.2 Å². The van der Waals surface area contributed by atoms with Crippen LogP contribution in [0.3, 0.4) is 0 Å². The van der Waals surface area contributed by atoms with Gasteiger partial charge in [0.25, 0.3) is 0 Å². The predicted octanol–water partition coefficient (Wildman–Crippen LogP) is 2.57. The van der Waals surface area contributed by atoms with Crippen molar-refractivity contribution in [3.8, 4) is 11.5 Å². The molecule has 0 amide bonds. The molecule has 102 valence electrons. The number of aliphatic hydroxyl groups excluding tert-OH is 1. The zero-order chi connectivity index (χ0) is 13.9. The molecule has 1 rings (SSSR count). The molecular formula is C13H20BrNO3. The third kappa shape index (κ3) is 3.16. The van der Waals surface area contributed by atoms with Crippen molar-refractivity contribution in [2.45, 2.75) is 26.8 Å². The maximum atomic E-state index is 9.83. The van der Waals surface area contributed by atoms with Crippen LogP contribution in [0.1, 0.15) is 32.4 Å². The summed E-state index contributed by atoms with van der Waals surface area (Å²) in [5.74, 6) is 0.459. The molecule has 0 aromatic heterocycles. The van der Waals surface area contributed by atoms with Gasteiger partial charge in [0.05, 0.1) is 11.1 Å². The second-order valence-corrected chi connectivity index (χ2v) is 5.76. The summed E-state index contributed by atoms with van der Waals surface area (Å²) < 4.78 is 5.89. The van der Waals surface area contributed by atoms with Gasteiger partial charge in [0.15, 0.2) is 11.5 Å². The first-order valence-corrected chi connectivity index (χ1v) is 6.64. The molecule has 0 bridgehead atoms. The average Bonchev–Trinajstić information content (AvgIpc) is 2.34. The van der Waals surface area contributed by atoms with Crippen LogP contribution >= 0.6 is 15.9 Å². The van der Waals surface area contributed by atoms with Crippen LogP contribution in [0.25, 0.3) is 0 Å². The number of hydrogen-bond acceptors (Lipinski definition) is 4. The molecule has 1 aromatic rings. The average molecular weight is 318 g/mol. The lowest BCUT2D eigenvalue weighted by molar-refractivity contribution is 0.132. The number of aromatic hydroxyl groups is 1. The number of nitrogens with two attached hydrogens (primary N) is 1. The van der Waals surface area contributed by atoms with E-state index in [9.17, 15) is 10.2 Å². The molecule has 0 aliphatic heterocycles. The standard InChI is InChI=1S/C13H20BrNO3/c1-4-18-10-6-8(5-9(14)11(10)17)12(15)13(2,3)7-16/h5-6,12,16-17H,4,7,15H2,1-3H3/t12-/m0/s1. The Morgan fingerprint density at radius 2 is 2.06 bits per heavy atom. The van der Waals surface area contributed by atoms with E-state index in [2.05, 4.69) is 15.9 Å². The molecule has 4 N–H and O–H groups in total. The Balaban J connectivity index is 3.18. The minimum Gasteiger partial charge on any atom is -0.503 e. The summed E-state index contributed by atoms with van der Waals surface area (Å²) in [6, 6.07) is 3.12. The van der Waals surface area contributed by atoms with E-state index < -0.39 is 5.41 Å². The second kappa shape index (κ2) is 5.91. The third-order valence-electron chi connectivity index (χ3n) is 2.96. The van der Waals surface area contributed by atoms with Crippen LogP contribution in [0, 0.1) is 5.41 Å². The Morgan fingerprint density at radius 3 is 2.56 bits per heavy atom. The van der Waals surface area contributed by atoms with E-state index in [0.29, 0.717) is 16.8 Å². The first-order valence-electron chi connectivity index (χ1n) is 5.85. The van der Waals surface area contributed by atoms with Gasteiger partial charge in [-0.15, -0.1) is 0 Å². The maximum absolute atomic E-state index is 9.83. The molecule has 0 radical (unpaired) electrons. The van der Waals surface area contributed by atoms with E-state index >= 15 is 0 Å². The normalized spacial score (nSPS) is 13.4. The molecule has 0 aliphatic carbocycles. The Kier molecular flexibility index (Phi) is 5.01. The minimum absolute atomic E-state index is 0.0172. The van der Waals surface area contributed by atoms with E-state index in [1.165, 1.54) is 0 Å². The van der Waals surface area contributed by atoms with Crippen LogP contribution in [0.2, 0.25) is 0 Å². The molecule has 5 heteroatoms. The summed E-state index contributed by atoms with van der Waals surface area (Å²) in [6.07, 6.45) is 0. The zero-order valence-electron chi connectivity index (χ0n) is 10.9. The molecule has 0 saturated carbocycles. The maximum Gasteiger partial charge on any atom is 0.172 e. The summed E-state index contributed by atoms with van der Waals surface area (Å²) in [5.41, 5.74) is 6.51. The van der Waals surface area contributed by atoms with Gasteiger partial charge in [-0.05, 0) is 40.5 Å². The first-order chi connectivity index (χ1) is 8.33. The fourth-order valence-electron chi connectivity index (χ4n) is 1.59. The van der Waals surface area contributed by atoms with E-state index in [0.717, 1.165) is 5.56 Å². The molecule has 1 aromatic carbocycles. The third-order valence-corrected chi connectivity index (χ3v) is 3.56. The second-order valence-electron chi connectivity index (χ2n) is 4.91. The Labute approximate surface area is 116 Å². The van der Waals surface area contributed by atoms with Crippen molar-refractivity contribution in [2.24, 2.45) is 11.1 Å². The molecule has 0 spiro atoms. The van der Waals surface area contributed by atoms with E-state index in [1.54, 1.807) is 12.1 Å². The minimum atomic E-state index is -0.445. The molecule has 4 nitrogen and oxygen atoms in total. The van der Waals surface area contributed by atoms with Gasteiger partial charge >= 0.3 is 0 Å². The van der Waals surface area contributed by atoms with E-state index in [-0.39, 0.29) is 18.4 Å². The number of rotatable bonds is 5. The Hall–Kier alpha value is -0.780. The SMILES string of the molecule is CCOc1cc([C@H](N)C(C)(C)CO)cc(Br)c1O. The fraction of sp³-hybridized carbons (Fsp3) is 0.538. The molecule has 0 heterocycles. The lowest BCUT2D eigenvalue weighted by Gasteiger charge is -2.30. The highest BCUT2D eigenvalue weighted by Crippen LogP contribution is 2.40. The monoisotopic (exact) mass is 317 g/mol. The van der Waals surface area contributed by atoms with Crippen molar-refractivity contribution >= 4 is 15.9 Å². The number of phenols is 1. The molecular weight excluding hydrogens is 298 g/mol. The van der Waals surface area contributed by atoms with Gasteiger partial charge in [0, 0.05) is 18.1 Å². The smallest absolute Gasteiger partial charge is 0.172 e. The fourth-order valence-corrected chi connectivity index (χ4v) is 2.05. The molecule has 0 aliphatic rings. The molecule has 18 heavy (non-hydrogen) atoms. The highest BCUT2D eigenvalue weighted by Gasteiger charge is 2.28. The van der Waals surface area contributed by atoms with Gasteiger partial charge < -0.3 is 20.7 Å². The van der Waals surface area contributed by atoms with Crippen LogP contribution in [0.5, 0.6) is 11.5 Å². The highest BCUT2D eigenvalue weighted by atomic mass is 79.9. The highest BCUT2D eigenvalue weighted by molar-refractivity contribution is 9.10. The summed E-state index contributed by atoms with van der Waals surface area (Å²) in [7, 11) is 0. The van der Waals surface area contributed by atoms with Gasteiger partial charge in [0.2, 0.25) is 0 Å². The van der Waals surface area contributed by atoms with Crippen LogP contribution in [0.15, 0.2) is 16.6 Å². The topological polar surface area (TPSA) is 75.7 Å². The van der Waals surface area contributed by atoms with Gasteiger partial charge in [-0.1, -0.05) is 13.8 Å². The van der Waals surface area contributed by atoms with Gasteiger partial charge in [-0.2, -0.15) is 0 Å². The summed E-state index contributed by atoms with van der Waals surface area (Å²) in [6.45, 7) is 6.06. The van der Waals surface area contributed by atoms with E-state index in [4.69, 9.17) is 10.5 Å². The van der Waals surface area contributed by atoms with Crippen LogP contribution < -0.4 is 10.5 Å². The number of halogens is 1. The van der Waals surface area contributed by atoms with Crippen molar-refractivity contribution < 1.29 is 14.9 Å². The molecule has 0 saturated heterocycles. The quantitative estimate of drug-likeness (QED) is 0.780. The van der Waals surface area contributed by atoms with Crippen LogP contribution in [0.4, 0.5) is 0 Å². The summed E-state index contributed by atoms with van der Waals surface area (Å²) >= 11 is 3.28. The number of phenolic OH excluding ortho intramolecular Hbond substituents is 1. The first kappa shape index (κ1) is 15.3. The molecule has 0 fully saturated rings. The van der Waals surface area contributed by atoms with Crippen molar-refractivity contribution in [3.05, 3.63) is 22.2 Å². The van der Waals surface area contributed by atoms with Gasteiger partial charge in [-0.3, -0.25) is 0 Å². The molecule has 0 unspecified atom stereocenters. The van der Waals surface area contributed by atoms with E-state index in [1.807, 2.05) is 20.8 Å². The lowest BCUT2D eigenvalue weighted by atomic mass is 9.82. The van der Waals surface area contributed by atoms with Crippen LogP contribution in [-0.4, -0.2) is 23.4 Å². The van der Waals surface area contributed by atoms with Gasteiger partial charge in [-0.25, -0.2) is 0 Å². The predicted molar refractivity (Wildman–Crippen MR) is 74.8 cm³/mol. The largest absolute Gasteiger partial charge is 0.503 e. The Morgan fingerprint density at radius 1 is 1.44 bits per heavy atom. The number of ether oxygens (including phenoxy) is 1. The number of aliphatic hydroxyl groups is 1. The summed E-state index contributed by atoms with van der Waals surface area (Å²) in [5, 5.41) is 19.2. The molecule has 1 atom stereocenters. The summed E-state index contributed by atoms with van der Waals surface area (Å²) in [4.78, 5) is 0. The van der Waals surface area contributed by atoms with Crippen molar-refractivity contribution in [1.82, 2.24) is 0 Å². The van der Waals surface area contributed by atoms with Gasteiger partial charge in [0.1, 0.15) is 0 Å². The lowest BCUT2D eigenvalue weighted by Crippen LogP contribution is -2.32. The Bertz CT molecular complexity index is 421. The zero-order valence-corrected chi connectivity index (χ0v) is 12.5. The van der Waals surface area contributed by atoms with Crippen LogP contribution in [-0.2, 0) is 0 Å². The van der Waals surface area contributed by atoms with Crippen molar-refractivity contribution in [1.29, 1.82) is 0 Å².